The molecule has 2 nitrogen and oxygen atoms in total. The lowest BCUT2D eigenvalue weighted by Crippen LogP contribution is -1.88. The lowest BCUT2D eigenvalue weighted by atomic mass is 10.2. The number of halogens is 1. The average molecular weight is 169 g/mol. The molecule has 1 rings (SSSR count). The molecule has 0 spiro atoms. The Bertz CT molecular complexity index is 258. The number of alkyl halides is 1. The van der Waals surface area contributed by atoms with Crippen LogP contribution in [0.5, 0.6) is 0 Å². The number of hydrogen-bond donors (Lipinski definition) is 1. The van der Waals surface area contributed by atoms with Gasteiger partial charge in [0.1, 0.15) is 0 Å². The molecule has 58 valence electrons. The number of anilines is 1. The zero-order chi connectivity index (χ0) is 8.10. The van der Waals surface area contributed by atoms with Crippen molar-refractivity contribution in [1.29, 1.82) is 0 Å². The summed E-state index contributed by atoms with van der Waals surface area (Å²) in [6.07, 6.45) is 7.05. The fourth-order valence-corrected chi connectivity index (χ4v) is 0.817. The Morgan fingerprint density at radius 3 is 3.09 bits per heavy atom. The highest BCUT2D eigenvalue weighted by Gasteiger charge is 1.90. The molecule has 11 heavy (non-hydrogen) atoms. The SMILES string of the molecule is Nc1ccncc1C=CCCl. The first-order valence-corrected chi connectivity index (χ1v) is 3.80. The minimum atomic E-state index is 0.494. The molecule has 0 aliphatic carbocycles. The van der Waals surface area contributed by atoms with E-state index >= 15 is 0 Å². The van der Waals surface area contributed by atoms with Crippen LogP contribution in [0.15, 0.2) is 24.5 Å². The van der Waals surface area contributed by atoms with Gasteiger partial charge in [0.15, 0.2) is 0 Å². The Balaban J connectivity index is 2.86. The summed E-state index contributed by atoms with van der Waals surface area (Å²) in [5, 5.41) is 0. The molecule has 0 radical (unpaired) electrons. The van der Waals surface area contributed by atoms with Gasteiger partial charge >= 0.3 is 0 Å². The van der Waals surface area contributed by atoms with Crippen LogP contribution in [0, 0.1) is 0 Å². The molecular weight excluding hydrogens is 160 g/mol. The van der Waals surface area contributed by atoms with Crippen LogP contribution in [0.2, 0.25) is 0 Å². The van der Waals surface area contributed by atoms with Gasteiger partial charge in [0.05, 0.1) is 0 Å². The number of rotatable bonds is 2. The number of hydrogen-bond acceptors (Lipinski definition) is 2. The third-order valence-corrected chi connectivity index (χ3v) is 1.45. The second kappa shape index (κ2) is 3.98. The van der Waals surface area contributed by atoms with Gasteiger partial charge in [-0.1, -0.05) is 12.2 Å². The first kappa shape index (κ1) is 8.08. The van der Waals surface area contributed by atoms with E-state index in [0.717, 1.165) is 11.3 Å². The number of nitrogens with zero attached hydrogens (tertiary/aromatic N) is 1. The lowest BCUT2D eigenvalue weighted by molar-refractivity contribution is 1.32. The molecule has 0 atom stereocenters. The Morgan fingerprint density at radius 2 is 2.45 bits per heavy atom. The zero-order valence-electron chi connectivity index (χ0n) is 6.00. The minimum absolute atomic E-state index is 0.494. The first-order chi connectivity index (χ1) is 5.34. The van der Waals surface area contributed by atoms with E-state index in [9.17, 15) is 0 Å². The van der Waals surface area contributed by atoms with E-state index in [2.05, 4.69) is 4.98 Å². The second-order valence-corrected chi connectivity index (χ2v) is 2.37. The van der Waals surface area contributed by atoms with E-state index in [1.54, 1.807) is 18.5 Å². The fourth-order valence-electron chi connectivity index (χ4n) is 0.728. The van der Waals surface area contributed by atoms with E-state index in [1.807, 2.05) is 12.2 Å². The van der Waals surface area contributed by atoms with Crippen molar-refractivity contribution in [2.24, 2.45) is 0 Å². The van der Waals surface area contributed by atoms with Crippen LogP contribution in [0.1, 0.15) is 5.56 Å². The monoisotopic (exact) mass is 168 g/mol. The normalized spacial score (nSPS) is 10.6. The van der Waals surface area contributed by atoms with Gasteiger partial charge in [0, 0.05) is 29.5 Å². The molecule has 0 fully saturated rings. The smallest absolute Gasteiger partial charge is 0.0418 e. The predicted octanol–water partition coefficient (Wildman–Crippen LogP) is 1.92. The van der Waals surface area contributed by atoms with Gasteiger partial charge in [-0.15, -0.1) is 11.6 Å². The summed E-state index contributed by atoms with van der Waals surface area (Å²) in [4.78, 5) is 3.92. The number of pyridine rings is 1. The van der Waals surface area contributed by atoms with Gasteiger partial charge in [0.2, 0.25) is 0 Å². The Kier molecular flexibility index (Phi) is 2.93. The van der Waals surface area contributed by atoms with E-state index in [0.29, 0.717) is 5.88 Å². The molecule has 2 N–H and O–H groups in total. The average Bonchev–Trinajstić information content (AvgIpc) is 2.03. The molecule has 0 aliphatic heterocycles. The van der Waals surface area contributed by atoms with E-state index in [-0.39, 0.29) is 0 Å². The summed E-state index contributed by atoms with van der Waals surface area (Å²) in [5.74, 6) is 0.494. The quantitative estimate of drug-likeness (QED) is 0.686. The maximum absolute atomic E-state index is 5.63. The van der Waals surface area contributed by atoms with Crippen molar-refractivity contribution in [3.8, 4) is 0 Å². The second-order valence-electron chi connectivity index (χ2n) is 2.06. The molecule has 1 aromatic heterocycles. The number of nitrogens with two attached hydrogens (primary N) is 1. The van der Waals surface area contributed by atoms with Crippen LogP contribution in [0.25, 0.3) is 6.08 Å². The fraction of sp³-hybridized carbons (Fsp3) is 0.125. The Hall–Kier alpha value is -1.02. The van der Waals surface area contributed by atoms with Crippen molar-refractivity contribution < 1.29 is 0 Å². The third-order valence-electron chi connectivity index (χ3n) is 1.27. The van der Waals surface area contributed by atoms with Crippen molar-refractivity contribution in [2.45, 2.75) is 0 Å². The highest BCUT2D eigenvalue weighted by molar-refractivity contribution is 6.19. The molecule has 0 saturated heterocycles. The molecule has 0 amide bonds. The maximum atomic E-state index is 5.63. The van der Waals surface area contributed by atoms with Crippen LogP contribution < -0.4 is 5.73 Å². The van der Waals surface area contributed by atoms with E-state index in [4.69, 9.17) is 17.3 Å². The van der Waals surface area contributed by atoms with Crippen molar-refractivity contribution in [2.75, 3.05) is 11.6 Å². The summed E-state index contributed by atoms with van der Waals surface area (Å²) in [7, 11) is 0. The molecule has 0 aliphatic rings. The third kappa shape index (κ3) is 2.24. The minimum Gasteiger partial charge on any atom is -0.398 e. The van der Waals surface area contributed by atoms with E-state index < -0.39 is 0 Å². The predicted molar refractivity (Wildman–Crippen MR) is 48.4 cm³/mol. The molecule has 1 aromatic rings. The Morgan fingerprint density at radius 1 is 1.64 bits per heavy atom. The standard InChI is InChI=1S/C8H9ClN2/c9-4-1-2-7-6-11-5-3-8(7)10/h1-3,5-6H,4H2,(H2,10,11). The number of allylic oxidation sites excluding steroid dienone is 1. The molecule has 1 heterocycles. The van der Waals surface area contributed by atoms with Gasteiger partial charge in [-0.3, -0.25) is 4.98 Å². The summed E-state index contributed by atoms with van der Waals surface area (Å²) in [6.45, 7) is 0. The van der Waals surface area contributed by atoms with Gasteiger partial charge in [-0.25, -0.2) is 0 Å². The van der Waals surface area contributed by atoms with Gasteiger partial charge in [0.25, 0.3) is 0 Å². The number of nitrogen functional groups attached to an aromatic ring is 1. The summed E-state index contributed by atoms with van der Waals surface area (Å²) < 4.78 is 0. The highest BCUT2D eigenvalue weighted by atomic mass is 35.5. The molecule has 0 unspecified atom stereocenters. The Labute approximate surface area is 70.7 Å². The maximum Gasteiger partial charge on any atom is 0.0418 e. The molecule has 3 heteroatoms. The van der Waals surface area contributed by atoms with Crippen LogP contribution in [0.3, 0.4) is 0 Å². The largest absolute Gasteiger partial charge is 0.398 e. The van der Waals surface area contributed by atoms with Crippen molar-refractivity contribution in [1.82, 2.24) is 4.98 Å². The topological polar surface area (TPSA) is 38.9 Å². The lowest BCUT2D eigenvalue weighted by Gasteiger charge is -1.96. The summed E-state index contributed by atoms with van der Waals surface area (Å²) in [6, 6.07) is 1.76. The van der Waals surface area contributed by atoms with Crippen molar-refractivity contribution >= 4 is 23.4 Å². The van der Waals surface area contributed by atoms with Crippen molar-refractivity contribution in [3.63, 3.8) is 0 Å². The van der Waals surface area contributed by atoms with Crippen LogP contribution in [-0.2, 0) is 0 Å². The summed E-state index contributed by atoms with van der Waals surface area (Å²) in [5.41, 5.74) is 7.26. The van der Waals surface area contributed by atoms with Gasteiger partial charge in [-0.05, 0) is 6.07 Å². The van der Waals surface area contributed by atoms with Crippen LogP contribution >= 0.6 is 11.6 Å². The van der Waals surface area contributed by atoms with Gasteiger partial charge < -0.3 is 5.73 Å². The zero-order valence-corrected chi connectivity index (χ0v) is 6.75. The first-order valence-electron chi connectivity index (χ1n) is 3.26. The van der Waals surface area contributed by atoms with Crippen LogP contribution in [0.4, 0.5) is 5.69 Å². The van der Waals surface area contributed by atoms with Gasteiger partial charge in [-0.2, -0.15) is 0 Å². The van der Waals surface area contributed by atoms with Crippen molar-refractivity contribution in [3.05, 3.63) is 30.1 Å². The molecule has 0 saturated carbocycles. The molecular formula is C8H9ClN2. The molecule has 0 aromatic carbocycles. The van der Waals surface area contributed by atoms with E-state index in [1.165, 1.54) is 0 Å². The van der Waals surface area contributed by atoms with Crippen LogP contribution in [-0.4, -0.2) is 10.9 Å². The highest BCUT2D eigenvalue weighted by Crippen LogP contribution is 2.09. The summed E-state index contributed by atoms with van der Waals surface area (Å²) >= 11 is 5.46. The number of aromatic nitrogens is 1. The molecule has 0 bridgehead atoms.